The van der Waals surface area contributed by atoms with Gasteiger partial charge < -0.3 is 4.74 Å². The Morgan fingerprint density at radius 2 is 1.96 bits per heavy atom. The summed E-state index contributed by atoms with van der Waals surface area (Å²) in [5.74, 6) is 0. The van der Waals surface area contributed by atoms with Gasteiger partial charge in [0.05, 0.1) is 0 Å². The molecule has 3 rings (SSSR count). The average Bonchev–Trinajstić information content (AvgIpc) is 2.94. The molecule has 0 saturated carbocycles. The van der Waals surface area contributed by atoms with Crippen molar-refractivity contribution in [3.05, 3.63) is 56.1 Å². The summed E-state index contributed by atoms with van der Waals surface area (Å²) in [7, 11) is 0. The maximum Gasteiger partial charge on any atom is 0.284 e. The molecule has 26 heavy (non-hydrogen) atoms. The Hall–Kier alpha value is -1.25. The topological polar surface area (TPSA) is 39.2 Å². The lowest BCUT2D eigenvalue weighted by Crippen LogP contribution is -2.12. The van der Waals surface area contributed by atoms with E-state index in [1.807, 2.05) is 37.6 Å². The van der Waals surface area contributed by atoms with Crippen LogP contribution in [0, 0.1) is 13.8 Å². The van der Waals surface area contributed by atoms with Gasteiger partial charge >= 0.3 is 0 Å². The van der Waals surface area contributed by atoms with Crippen molar-refractivity contribution in [1.82, 2.24) is 4.98 Å². The fraction of sp³-hybridized carbons (Fsp3) is 0.167. The van der Waals surface area contributed by atoms with E-state index in [-0.39, 0.29) is 5.56 Å². The van der Waals surface area contributed by atoms with E-state index in [9.17, 15) is 4.79 Å². The molecule has 8 heteroatoms. The summed E-state index contributed by atoms with van der Waals surface area (Å²) >= 11 is 15.3. The second kappa shape index (κ2) is 8.19. The molecule has 0 atom stereocenters. The van der Waals surface area contributed by atoms with Gasteiger partial charge in [-0.15, -0.1) is 11.3 Å². The molecule has 0 aliphatic heterocycles. The van der Waals surface area contributed by atoms with Crippen LogP contribution in [0.4, 0.5) is 0 Å². The highest BCUT2D eigenvalue weighted by Crippen LogP contribution is 2.40. The number of aryl methyl sites for hydroxylation is 1. The number of thiocarbonyl (C=S) groups is 1. The van der Waals surface area contributed by atoms with Gasteiger partial charge in [0.15, 0.2) is 5.06 Å². The van der Waals surface area contributed by atoms with Gasteiger partial charge in [-0.25, -0.2) is 0 Å². The summed E-state index contributed by atoms with van der Waals surface area (Å²) in [5.41, 5.74) is 3.15. The quantitative estimate of drug-likeness (QED) is 0.454. The third-order valence-electron chi connectivity index (χ3n) is 3.76. The second-order valence-corrected chi connectivity index (χ2v) is 9.11. The summed E-state index contributed by atoms with van der Waals surface area (Å²) in [4.78, 5) is 18.0. The Morgan fingerprint density at radius 1 is 1.27 bits per heavy atom. The summed E-state index contributed by atoms with van der Waals surface area (Å²) < 4.78 is 6.20. The minimum atomic E-state index is -0.322. The molecule has 0 bridgehead atoms. The Morgan fingerprint density at radius 3 is 2.54 bits per heavy atom. The van der Waals surface area contributed by atoms with Gasteiger partial charge in [0.2, 0.25) is 4.38 Å². The molecule has 0 spiro atoms. The van der Waals surface area contributed by atoms with Crippen molar-refractivity contribution < 1.29 is 4.74 Å². The van der Waals surface area contributed by atoms with Crippen LogP contribution in [0.1, 0.15) is 11.1 Å². The van der Waals surface area contributed by atoms with Crippen LogP contribution in [0.3, 0.4) is 0 Å². The largest absolute Gasteiger partial charge is 0.428 e. The molecule has 0 aliphatic carbocycles. The van der Waals surface area contributed by atoms with E-state index in [1.165, 1.54) is 34.4 Å². The number of hydrogen-bond acceptors (Lipinski definition) is 7. The van der Waals surface area contributed by atoms with Gasteiger partial charge in [0, 0.05) is 15.5 Å². The van der Waals surface area contributed by atoms with Crippen molar-refractivity contribution in [1.29, 1.82) is 0 Å². The van der Waals surface area contributed by atoms with Crippen LogP contribution < -0.4 is 10.3 Å². The van der Waals surface area contributed by atoms with Gasteiger partial charge in [-0.05, 0) is 61.0 Å². The molecule has 0 N–H and O–H groups in total. The first-order valence-corrected chi connectivity index (χ1v) is 11.2. The number of ether oxygens (including phenoxy) is 1. The molecule has 134 valence electrons. The fourth-order valence-electron chi connectivity index (χ4n) is 2.24. The predicted molar refractivity (Wildman–Crippen MR) is 118 cm³/mol. The fourth-order valence-corrected chi connectivity index (χ4v) is 4.87. The van der Waals surface area contributed by atoms with E-state index in [2.05, 4.69) is 4.98 Å². The van der Waals surface area contributed by atoms with Crippen molar-refractivity contribution in [2.45, 2.75) is 13.8 Å². The Bertz CT molecular complexity index is 1020. The van der Waals surface area contributed by atoms with Gasteiger partial charge in [0.1, 0.15) is 10.6 Å². The van der Waals surface area contributed by atoms with Crippen molar-refractivity contribution in [2.75, 3.05) is 6.26 Å². The Kier molecular flexibility index (Phi) is 6.14. The van der Waals surface area contributed by atoms with Crippen LogP contribution in [-0.2, 0) is 0 Å². The zero-order chi connectivity index (χ0) is 18.8. The molecule has 0 aliphatic rings. The average molecular weight is 440 g/mol. The first-order valence-electron chi connectivity index (χ1n) is 7.52. The number of thiophene rings is 1. The zero-order valence-electron chi connectivity index (χ0n) is 14.2. The summed E-state index contributed by atoms with van der Waals surface area (Å²) in [5, 5.41) is 3.69. The van der Waals surface area contributed by atoms with E-state index in [4.69, 9.17) is 28.6 Å². The second-order valence-electron chi connectivity index (χ2n) is 5.42. The standard InChI is InChI=1S/C18H14ClNO2S4/c1-9-8-25-14(10(9)2)13-15(21)20-16(11-4-6-12(19)7-5-11)26-17(13)22-18(23)24-3/h4-8H,1-3H3. The maximum absolute atomic E-state index is 12.9. The van der Waals surface area contributed by atoms with Gasteiger partial charge in [-0.3, -0.25) is 4.79 Å². The monoisotopic (exact) mass is 439 g/mol. The lowest BCUT2D eigenvalue weighted by molar-refractivity contribution is 0.596. The normalized spacial score (nSPS) is 10.8. The first-order chi connectivity index (χ1) is 12.4. The SMILES string of the molecule is CSC(=S)Oc1sc(-c2ccc(Cl)cc2)nc(=O)c1-c1scc(C)c1C. The summed E-state index contributed by atoms with van der Waals surface area (Å²) in [6, 6.07) is 7.20. The highest BCUT2D eigenvalue weighted by molar-refractivity contribution is 8.22. The Balaban J connectivity index is 2.21. The van der Waals surface area contributed by atoms with Crippen molar-refractivity contribution in [3.63, 3.8) is 0 Å². The molecule has 0 unspecified atom stereocenters. The minimum Gasteiger partial charge on any atom is -0.428 e. The van der Waals surface area contributed by atoms with E-state index in [1.54, 1.807) is 12.1 Å². The molecule has 3 nitrogen and oxygen atoms in total. The van der Waals surface area contributed by atoms with Crippen LogP contribution in [0.15, 0.2) is 34.4 Å². The van der Waals surface area contributed by atoms with Gasteiger partial charge in [-0.1, -0.05) is 46.8 Å². The zero-order valence-corrected chi connectivity index (χ0v) is 18.2. The van der Waals surface area contributed by atoms with Crippen LogP contribution in [0.5, 0.6) is 5.06 Å². The number of aromatic nitrogens is 1. The molecule has 0 radical (unpaired) electrons. The Labute approximate surface area is 174 Å². The number of nitrogens with zero attached hydrogens (tertiary/aromatic N) is 1. The van der Waals surface area contributed by atoms with E-state index in [0.29, 0.717) is 25.0 Å². The van der Waals surface area contributed by atoms with Crippen LogP contribution in [0.2, 0.25) is 5.02 Å². The molecule has 2 heterocycles. The van der Waals surface area contributed by atoms with Crippen LogP contribution in [0.25, 0.3) is 21.0 Å². The van der Waals surface area contributed by atoms with E-state index in [0.717, 1.165) is 21.6 Å². The molecular weight excluding hydrogens is 426 g/mol. The number of thioether (sulfide) groups is 1. The van der Waals surface area contributed by atoms with Crippen molar-refractivity contribution in [3.8, 4) is 26.1 Å². The predicted octanol–water partition coefficient (Wildman–Crippen LogP) is 6.20. The highest BCUT2D eigenvalue weighted by Gasteiger charge is 2.21. The minimum absolute atomic E-state index is 0.322. The van der Waals surface area contributed by atoms with Gasteiger partial charge in [-0.2, -0.15) is 4.98 Å². The molecule has 0 fully saturated rings. The maximum atomic E-state index is 12.9. The number of hydrogen-bond donors (Lipinski definition) is 0. The van der Waals surface area contributed by atoms with Gasteiger partial charge in [0.25, 0.3) is 5.56 Å². The summed E-state index contributed by atoms with van der Waals surface area (Å²) in [6.45, 7) is 4.01. The third kappa shape index (κ3) is 4.02. The van der Waals surface area contributed by atoms with Crippen molar-refractivity contribution in [2.24, 2.45) is 0 Å². The molecule has 1 aromatic carbocycles. The lowest BCUT2D eigenvalue weighted by Gasteiger charge is -2.10. The number of benzene rings is 1. The van der Waals surface area contributed by atoms with E-state index < -0.39 is 0 Å². The molecule has 0 saturated heterocycles. The molecule has 2 aromatic heterocycles. The molecule has 0 amide bonds. The lowest BCUT2D eigenvalue weighted by atomic mass is 10.1. The highest BCUT2D eigenvalue weighted by atomic mass is 35.5. The van der Waals surface area contributed by atoms with Crippen LogP contribution >= 0.6 is 58.3 Å². The molecule has 3 aromatic rings. The third-order valence-corrected chi connectivity index (χ3v) is 7.22. The van der Waals surface area contributed by atoms with Crippen LogP contribution in [-0.4, -0.2) is 15.6 Å². The number of halogens is 1. The summed E-state index contributed by atoms with van der Waals surface area (Å²) in [6.07, 6.45) is 1.84. The number of rotatable bonds is 3. The smallest absolute Gasteiger partial charge is 0.284 e. The van der Waals surface area contributed by atoms with Crippen molar-refractivity contribution >= 4 is 62.6 Å². The first kappa shape index (κ1) is 19.5. The molecular formula is C18H14ClNO2S4. The van der Waals surface area contributed by atoms with E-state index >= 15 is 0 Å².